The molecule has 1 aliphatic rings. The summed E-state index contributed by atoms with van der Waals surface area (Å²) < 4.78 is 5.75. The third-order valence-electron chi connectivity index (χ3n) is 3.55. The van der Waals surface area contributed by atoms with Crippen molar-refractivity contribution in [3.05, 3.63) is 54.4 Å². The summed E-state index contributed by atoms with van der Waals surface area (Å²) in [5, 5.41) is 6.76. The molecule has 2 aromatic carbocycles. The molecular formula is C16H16N4O. The molecule has 0 saturated heterocycles. The highest BCUT2D eigenvalue weighted by molar-refractivity contribution is 5.75. The van der Waals surface area contributed by atoms with Crippen LogP contribution in [-0.4, -0.2) is 22.7 Å². The largest absolute Gasteiger partial charge is 0.369 e. The monoisotopic (exact) mass is 280 g/mol. The van der Waals surface area contributed by atoms with Gasteiger partial charge < -0.3 is 20.4 Å². The molecular weight excluding hydrogens is 264 g/mol. The summed E-state index contributed by atoms with van der Waals surface area (Å²) in [7, 11) is 0. The second-order valence-corrected chi connectivity index (χ2v) is 5.10. The van der Waals surface area contributed by atoms with Crippen LogP contribution in [0.25, 0.3) is 11.0 Å². The van der Waals surface area contributed by atoms with Gasteiger partial charge in [-0.15, -0.1) is 0 Å². The molecule has 106 valence electrons. The Morgan fingerprint density at radius 3 is 2.43 bits per heavy atom. The maximum Gasteiger partial charge on any atom is 0.133 e. The molecule has 4 rings (SSSR count). The molecule has 2 heterocycles. The Morgan fingerprint density at radius 1 is 0.952 bits per heavy atom. The van der Waals surface area contributed by atoms with Crippen molar-refractivity contribution in [3.8, 4) is 0 Å². The third kappa shape index (κ3) is 2.43. The van der Waals surface area contributed by atoms with Gasteiger partial charge in [-0.25, -0.2) is 4.98 Å². The van der Waals surface area contributed by atoms with E-state index in [1.54, 1.807) is 0 Å². The topological polar surface area (TPSA) is 62.0 Å². The quantitative estimate of drug-likeness (QED) is 0.687. The minimum absolute atomic E-state index is 0.103. The van der Waals surface area contributed by atoms with E-state index in [4.69, 9.17) is 4.74 Å². The van der Waals surface area contributed by atoms with Gasteiger partial charge in [0.25, 0.3) is 0 Å². The molecule has 1 aliphatic heterocycles. The van der Waals surface area contributed by atoms with Crippen LogP contribution in [0.1, 0.15) is 5.82 Å². The van der Waals surface area contributed by atoms with Crippen LogP contribution in [0.4, 0.5) is 11.4 Å². The average Bonchev–Trinajstić information content (AvgIpc) is 3.09. The van der Waals surface area contributed by atoms with Crippen molar-refractivity contribution in [2.75, 3.05) is 17.2 Å². The van der Waals surface area contributed by atoms with E-state index in [0.29, 0.717) is 13.2 Å². The maximum atomic E-state index is 5.75. The molecule has 0 saturated carbocycles. The van der Waals surface area contributed by atoms with Crippen molar-refractivity contribution < 1.29 is 4.74 Å². The van der Waals surface area contributed by atoms with Gasteiger partial charge in [0.05, 0.1) is 29.0 Å². The van der Waals surface area contributed by atoms with Crippen LogP contribution in [-0.2, 0) is 11.3 Å². The zero-order valence-electron chi connectivity index (χ0n) is 11.5. The molecule has 0 radical (unpaired) electrons. The zero-order valence-corrected chi connectivity index (χ0v) is 11.5. The van der Waals surface area contributed by atoms with Gasteiger partial charge >= 0.3 is 0 Å². The van der Waals surface area contributed by atoms with Crippen molar-refractivity contribution in [2.45, 2.75) is 12.8 Å². The molecule has 0 atom stereocenters. The van der Waals surface area contributed by atoms with Crippen LogP contribution in [0.3, 0.4) is 0 Å². The van der Waals surface area contributed by atoms with Crippen molar-refractivity contribution in [2.24, 2.45) is 0 Å². The number of aromatic amines is 1. The van der Waals surface area contributed by atoms with Crippen LogP contribution in [0.5, 0.6) is 0 Å². The lowest BCUT2D eigenvalue weighted by atomic mass is 10.3. The van der Waals surface area contributed by atoms with Gasteiger partial charge in [0.1, 0.15) is 18.6 Å². The molecule has 0 spiro atoms. The van der Waals surface area contributed by atoms with E-state index in [-0.39, 0.29) is 6.17 Å². The number of nitrogens with one attached hydrogen (secondary N) is 3. The van der Waals surface area contributed by atoms with Crippen LogP contribution in [0.2, 0.25) is 0 Å². The molecule has 21 heavy (non-hydrogen) atoms. The lowest BCUT2D eigenvalue weighted by Crippen LogP contribution is -2.28. The normalized spacial score (nSPS) is 13.9. The number of hydrogen-bond acceptors (Lipinski definition) is 4. The lowest BCUT2D eigenvalue weighted by Gasteiger charge is -2.12. The van der Waals surface area contributed by atoms with Crippen molar-refractivity contribution in [1.82, 2.24) is 9.97 Å². The number of para-hydroxylation sites is 4. The van der Waals surface area contributed by atoms with E-state index < -0.39 is 0 Å². The molecule has 0 aliphatic carbocycles. The number of rotatable bonds is 4. The fraction of sp³-hybridized carbons (Fsp3) is 0.188. The first-order valence-electron chi connectivity index (χ1n) is 7.02. The number of nitrogens with zero attached hydrogens (tertiary/aromatic N) is 1. The van der Waals surface area contributed by atoms with Gasteiger partial charge in [0.2, 0.25) is 0 Å². The Balaban J connectivity index is 1.34. The summed E-state index contributed by atoms with van der Waals surface area (Å²) in [6.45, 7) is 1.05. The maximum absolute atomic E-state index is 5.75. The number of ether oxygens (including phenoxy) is 1. The van der Waals surface area contributed by atoms with E-state index in [1.807, 2.05) is 36.4 Å². The first kappa shape index (κ1) is 12.2. The molecule has 5 nitrogen and oxygen atoms in total. The predicted molar refractivity (Wildman–Crippen MR) is 83.2 cm³/mol. The van der Waals surface area contributed by atoms with Gasteiger partial charge in [-0.2, -0.15) is 0 Å². The molecule has 3 aromatic rings. The number of aromatic nitrogens is 2. The highest BCUT2D eigenvalue weighted by Crippen LogP contribution is 2.27. The van der Waals surface area contributed by atoms with E-state index in [9.17, 15) is 0 Å². The molecule has 1 aromatic heterocycles. The molecule has 0 bridgehead atoms. The average molecular weight is 280 g/mol. The van der Waals surface area contributed by atoms with Gasteiger partial charge in [-0.1, -0.05) is 24.3 Å². The van der Waals surface area contributed by atoms with Gasteiger partial charge in [-0.3, -0.25) is 0 Å². The van der Waals surface area contributed by atoms with E-state index >= 15 is 0 Å². The van der Waals surface area contributed by atoms with Crippen molar-refractivity contribution in [1.29, 1.82) is 0 Å². The van der Waals surface area contributed by atoms with Crippen LogP contribution < -0.4 is 10.6 Å². The molecule has 0 fully saturated rings. The number of hydrogen-bond donors (Lipinski definition) is 3. The fourth-order valence-corrected chi connectivity index (χ4v) is 2.58. The Kier molecular flexibility index (Phi) is 2.97. The van der Waals surface area contributed by atoms with E-state index in [2.05, 4.69) is 32.7 Å². The summed E-state index contributed by atoms with van der Waals surface area (Å²) >= 11 is 0. The fourth-order valence-electron chi connectivity index (χ4n) is 2.58. The van der Waals surface area contributed by atoms with Crippen LogP contribution in [0, 0.1) is 0 Å². The number of fused-ring (bicyclic) bond motifs is 2. The minimum Gasteiger partial charge on any atom is -0.369 e. The molecule has 5 heteroatoms. The Labute approximate surface area is 122 Å². The minimum atomic E-state index is 0.103. The Bertz CT molecular complexity index is 710. The Hall–Kier alpha value is -2.53. The molecule has 3 N–H and O–H groups in total. The highest BCUT2D eigenvalue weighted by Gasteiger charge is 2.18. The Morgan fingerprint density at radius 2 is 1.67 bits per heavy atom. The van der Waals surface area contributed by atoms with Gasteiger partial charge in [0, 0.05) is 0 Å². The van der Waals surface area contributed by atoms with E-state index in [0.717, 1.165) is 28.2 Å². The zero-order chi connectivity index (χ0) is 14.1. The number of imidazole rings is 1. The SMILES string of the molecule is c1ccc2c(c1)NC(COCc1nc3ccccc3[nH]1)N2. The number of anilines is 2. The van der Waals surface area contributed by atoms with E-state index in [1.165, 1.54) is 0 Å². The third-order valence-corrected chi connectivity index (χ3v) is 3.55. The second kappa shape index (κ2) is 5.10. The summed E-state index contributed by atoms with van der Waals surface area (Å²) in [5.41, 5.74) is 4.26. The second-order valence-electron chi connectivity index (χ2n) is 5.10. The number of H-pyrrole nitrogens is 1. The van der Waals surface area contributed by atoms with Crippen molar-refractivity contribution in [3.63, 3.8) is 0 Å². The van der Waals surface area contributed by atoms with Crippen molar-refractivity contribution >= 4 is 22.4 Å². The highest BCUT2D eigenvalue weighted by atomic mass is 16.5. The summed E-state index contributed by atoms with van der Waals surface area (Å²) in [5.74, 6) is 0.853. The first-order chi connectivity index (χ1) is 10.4. The summed E-state index contributed by atoms with van der Waals surface area (Å²) in [4.78, 5) is 7.76. The lowest BCUT2D eigenvalue weighted by molar-refractivity contribution is 0.113. The number of benzene rings is 2. The molecule has 0 unspecified atom stereocenters. The summed E-state index contributed by atoms with van der Waals surface area (Å²) in [6.07, 6.45) is 0.103. The molecule has 0 amide bonds. The smallest absolute Gasteiger partial charge is 0.133 e. The van der Waals surface area contributed by atoms with Crippen LogP contribution >= 0.6 is 0 Å². The summed E-state index contributed by atoms with van der Waals surface area (Å²) in [6, 6.07) is 16.1. The van der Waals surface area contributed by atoms with Crippen LogP contribution in [0.15, 0.2) is 48.5 Å². The predicted octanol–water partition coefficient (Wildman–Crippen LogP) is 2.94. The van der Waals surface area contributed by atoms with Gasteiger partial charge in [-0.05, 0) is 24.3 Å². The standard InChI is InChI=1S/C16H16N4O/c1-2-6-12-11(5-1)17-15(18-12)9-21-10-16-19-13-7-3-4-8-14(13)20-16/h1-8,15,17-18H,9-10H2,(H,19,20). The van der Waals surface area contributed by atoms with Gasteiger partial charge in [0.15, 0.2) is 0 Å². The first-order valence-corrected chi connectivity index (χ1v) is 7.02.